The first-order chi connectivity index (χ1) is 16.9. The fourth-order valence-corrected chi connectivity index (χ4v) is 3.71. The van der Waals surface area contributed by atoms with Gasteiger partial charge >= 0.3 is 5.97 Å². The van der Waals surface area contributed by atoms with Crippen LogP contribution in [0.3, 0.4) is 0 Å². The van der Waals surface area contributed by atoms with Gasteiger partial charge in [0.25, 0.3) is 0 Å². The van der Waals surface area contributed by atoms with Crippen molar-refractivity contribution in [1.29, 1.82) is 0 Å². The van der Waals surface area contributed by atoms with Gasteiger partial charge in [-0.15, -0.1) is 0 Å². The van der Waals surface area contributed by atoms with Crippen molar-refractivity contribution in [3.63, 3.8) is 0 Å². The molecule has 1 atom stereocenters. The first-order valence-corrected chi connectivity index (χ1v) is 12.8. The Kier molecular flexibility index (Phi) is 12.0. The number of ether oxygens (including phenoxy) is 1. The summed E-state index contributed by atoms with van der Waals surface area (Å²) in [5, 5.41) is 0. The third-order valence-electron chi connectivity index (χ3n) is 5.92. The molecule has 0 fully saturated rings. The highest BCUT2D eigenvalue weighted by atomic mass is 16.6. The van der Waals surface area contributed by atoms with Crippen LogP contribution in [0, 0.1) is 0 Å². The van der Waals surface area contributed by atoms with Gasteiger partial charge in [0.15, 0.2) is 0 Å². The molecule has 3 heteroatoms. The van der Waals surface area contributed by atoms with E-state index < -0.39 is 5.60 Å². The van der Waals surface area contributed by atoms with Gasteiger partial charge in [-0.1, -0.05) is 93.0 Å². The number of para-hydroxylation sites is 1. The predicted octanol–water partition coefficient (Wildman–Crippen LogP) is 9.29. The smallest absolute Gasteiger partial charge is 0.341 e. The normalized spacial score (nSPS) is 13.3. The molecule has 0 saturated heterocycles. The Labute approximate surface area is 212 Å². The summed E-state index contributed by atoms with van der Waals surface area (Å²) >= 11 is 0. The number of hydrogen-bond donors (Lipinski definition) is 0. The molecule has 2 aromatic rings. The lowest BCUT2D eigenvalue weighted by atomic mass is 9.99. The minimum Gasteiger partial charge on any atom is -0.451 e. The summed E-state index contributed by atoms with van der Waals surface area (Å²) in [6, 6.07) is 17.7. The van der Waals surface area contributed by atoms with Gasteiger partial charge in [-0.2, -0.15) is 0 Å². The van der Waals surface area contributed by atoms with Gasteiger partial charge in [-0.25, -0.2) is 4.79 Å². The van der Waals surface area contributed by atoms with Crippen LogP contribution in [0.25, 0.3) is 6.08 Å². The van der Waals surface area contributed by atoms with E-state index in [0.717, 1.165) is 30.4 Å². The largest absolute Gasteiger partial charge is 0.451 e. The Bertz CT molecular complexity index is 1030. The number of unbranched alkanes of at least 4 members (excludes halogenated alkanes) is 3. The maximum absolute atomic E-state index is 13.1. The molecule has 0 radical (unpaired) electrons. The molecule has 0 saturated carbocycles. The molecule has 3 nitrogen and oxygen atoms in total. The Hall–Kier alpha value is -3.20. The van der Waals surface area contributed by atoms with Crippen LogP contribution in [0.2, 0.25) is 0 Å². The van der Waals surface area contributed by atoms with E-state index in [1.807, 2.05) is 49.5 Å². The number of esters is 1. The summed E-state index contributed by atoms with van der Waals surface area (Å²) < 4.78 is 5.92. The number of carbonyl (C=O) groups is 1. The van der Waals surface area contributed by atoms with Gasteiger partial charge in [0, 0.05) is 6.21 Å². The van der Waals surface area contributed by atoms with Crippen LogP contribution in [0.4, 0.5) is 5.69 Å². The highest BCUT2D eigenvalue weighted by Crippen LogP contribution is 2.26. The third-order valence-corrected chi connectivity index (χ3v) is 5.92. The zero-order valence-electron chi connectivity index (χ0n) is 21.9. The minimum absolute atomic E-state index is 0.381. The van der Waals surface area contributed by atoms with E-state index in [-0.39, 0.29) is 5.97 Å². The van der Waals surface area contributed by atoms with Crippen LogP contribution >= 0.6 is 0 Å². The van der Waals surface area contributed by atoms with Crippen molar-refractivity contribution >= 4 is 23.9 Å². The summed E-state index contributed by atoms with van der Waals surface area (Å²) in [4.78, 5) is 17.9. The Morgan fingerprint density at radius 2 is 1.74 bits per heavy atom. The highest BCUT2D eigenvalue weighted by Gasteiger charge is 2.26. The Morgan fingerprint density at radius 3 is 2.43 bits per heavy atom. The number of hydrogen-bond acceptors (Lipinski definition) is 3. The quantitative estimate of drug-likeness (QED) is 0.119. The lowest BCUT2D eigenvalue weighted by Gasteiger charge is -2.26. The van der Waals surface area contributed by atoms with E-state index in [4.69, 9.17) is 9.73 Å². The summed E-state index contributed by atoms with van der Waals surface area (Å²) in [7, 11) is 0. The van der Waals surface area contributed by atoms with Gasteiger partial charge in [-0.3, -0.25) is 4.99 Å². The molecule has 0 bridgehead atoms. The molecule has 2 aromatic carbocycles. The van der Waals surface area contributed by atoms with Crippen LogP contribution in [-0.2, 0) is 4.74 Å². The van der Waals surface area contributed by atoms with E-state index in [1.165, 1.54) is 24.8 Å². The highest BCUT2D eigenvalue weighted by molar-refractivity contribution is 5.97. The zero-order chi connectivity index (χ0) is 25.5. The van der Waals surface area contributed by atoms with Gasteiger partial charge in [0.05, 0.1) is 11.3 Å². The van der Waals surface area contributed by atoms with Crippen LogP contribution in [0.1, 0.15) is 88.6 Å². The fourth-order valence-electron chi connectivity index (χ4n) is 3.71. The molecular formula is C32H41NO2. The van der Waals surface area contributed by atoms with Crippen molar-refractivity contribution in [1.82, 2.24) is 0 Å². The molecule has 0 aromatic heterocycles. The number of nitrogens with zero attached hydrogens (tertiary/aromatic N) is 1. The summed E-state index contributed by atoms with van der Waals surface area (Å²) in [6.07, 6.45) is 15.1. The first kappa shape index (κ1) is 28.0. The molecule has 1 unspecified atom stereocenters. The van der Waals surface area contributed by atoms with Crippen LogP contribution in [0.15, 0.2) is 89.5 Å². The molecular weight excluding hydrogens is 430 g/mol. The molecule has 35 heavy (non-hydrogen) atoms. The number of aliphatic imine (C=N–C) groups is 1. The standard InChI is InChI=1S/C32H41NO2/c1-6-8-9-11-20-28(24-27-18-12-10-13-19-27)25-33-30-22-15-14-21-29(30)31(34)35-32(5,7-2)23-16-17-26(3)4/h7,10,12-15,17-19,21-22,24-25H,2,6,8-9,11,16,20,23H2,1,3-5H3. The summed E-state index contributed by atoms with van der Waals surface area (Å²) in [6.45, 7) is 12.2. The van der Waals surface area contributed by atoms with Gasteiger partial charge < -0.3 is 4.74 Å². The Morgan fingerprint density at radius 1 is 1.03 bits per heavy atom. The molecule has 2 rings (SSSR count). The van der Waals surface area contributed by atoms with E-state index in [0.29, 0.717) is 17.7 Å². The van der Waals surface area contributed by atoms with Gasteiger partial charge in [-0.05, 0) is 75.8 Å². The molecule has 0 spiro atoms. The minimum atomic E-state index is -0.739. The average Bonchev–Trinajstić information content (AvgIpc) is 2.85. The van der Waals surface area contributed by atoms with E-state index >= 15 is 0 Å². The fraction of sp³-hybridized carbons (Fsp3) is 0.375. The maximum atomic E-state index is 13.1. The number of carbonyl (C=O) groups excluding carboxylic acids is 1. The number of allylic oxidation sites excluding steroid dienone is 3. The lowest BCUT2D eigenvalue weighted by Crippen LogP contribution is -2.29. The van der Waals surface area contributed by atoms with Crippen LogP contribution in [-0.4, -0.2) is 17.8 Å². The zero-order valence-corrected chi connectivity index (χ0v) is 21.9. The molecule has 0 heterocycles. The second-order valence-electron chi connectivity index (χ2n) is 9.44. The molecule has 0 amide bonds. The van der Waals surface area contributed by atoms with Crippen molar-refractivity contribution < 1.29 is 9.53 Å². The van der Waals surface area contributed by atoms with Crippen molar-refractivity contribution in [2.75, 3.05) is 0 Å². The molecule has 0 N–H and O–H groups in total. The van der Waals surface area contributed by atoms with Crippen molar-refractivity contribution in [3.8, 4) is 0 Å². The topological polar surface area (TPSA) is 38.7 Å². The molecule has 0 aliphatic heterocycles. The second-order valence-corrected chi connectivity index (χ2v) is 9.44. The lowest BCUT2D eigenvalue weighted by molar-refractivity contribution is 0.00845. The van der Waals surface area contributed by atoms with Crippen molar-refractivity contribution in [3.05, 3.63) is 95.6 Å². The number of benzene rings is 2. The van der Waals surface area contributed by atoms with Crippen LogP contribution < -0.4 is 0 Å². The van der Waals surface area contributed by atoms with E-state index in [1.54, 1.807) is 12.1 Å². The molecule has 0 aliphatic rings. The third kappa shape index (κ3) is 10.3. The summed E-state index contributed by atoms with van der Waals surface area (Å²) in [5.74, 6) is -0.381. The van der Waals surface area contributed by atoms with Gasteiger partial charge in [0.2, 0.25) is 0 Å². The van der Waals surface area contributed by atoms with Crippen LogP contribution in [0.5, 0.6) is 0 Å². The predicted molar refractivity (Wildman–Crippen MR) is 150 cm³/mol. The summed E-state index contributed by atoms with van der Waals surface area (Å²) in [5.41, 5.74) is 3.88. The SMILES string of the molecule is C=CC(C)(CCC=C(C)C)OC(=O)c1ccccc1N=CC(=Cc1ccccc1)CCCCCC. The average molecular weight is 472 g/mol. The Balaban J connectivity index is 2.23. The monoisotopic (exact) mass is 471 g/mol. The van der Waals surface area contributed by atoms with E-state index in [2.05, 4.69) is 51.6 Å². The maximum Gasteiger partial charge on any atom is 0.341 e. The second kappa shape index (κ2) is 14.9. The molecule has 0 aliphatic carbocycles. The van der Waals surface area contributed by atoms with Crippen molar-refractivity contribution in [2.45, 2.75) is 78.2 Å². The van der Waals surface area contributed by atoms with Gasteiger partial charge in [0.1, 0.15) is 5.60 Å². The van der Waals surface area contributed by atoms with E-state index in [9.17, 15) is 4.79 Å². The number of rotatable bonds is 14. The molecule has 186 valence electrons. The van der Waals surface area contributed by atoms with Crippen molar-refractivity contribution in [2.24, 2.45) is 4.99 Å². The first-order valence-electron chi connectivity index (χ1n) is 12.8.